The Kier molecular flexibility index (Phi) is 5.56. The average molecular weight is 364 g/mol. The topological polar surface area (TPSA) is 38.9 Å². The Morgan fingerprint density at radius 2 is 2.00 bits per heavy atom. The molecule has 0 spiro atoms. The van der Waals surface area contributed by atoms with Crippen molar-refractivity contribution < 1.29 is 4.74 Å². The van der Waals surface area contributed by atoms with Crippen LogP contribution >= 0.6 is 34.0 Å². The summed E-state index contributed by atoms with van der Waals surface area (Å²) in [6.45, 7) is 3.28. The van der Waals surface area contributed by atoms with Gasteiger partial charge in [-0.05, 0) is 29.8 Å². The van der Waals surface area contributed by atoms with Gasteiger partial charge in [-0.1, -0.05) is 12.1 Å². The van der Waals surface area contributed by atoms with E-state index in [9.17, 15) is 0 Å². The van der Waals surface area contributed by atoms with Crippen LogP contribution in [-0.2, 0) is 4.74 Å². The molecule has 120 valence electrons. The molecular weight excluding hydrogens is 346 g/mol. The van der Waals surface area contributed by atoms with Gasteiger partial charge in [0, 0.05) is 12.5 Å². The Balaban J connectivity index is 2.06. The standard InChI is InChI=1S/C16H17N3OS3/c1-12(14-5-3-9-21-14)18-19-13(15-6-4-10-22-15)11-23-16(19)17-7-8-20-2/h3-6,9-11H,7-8H2,1-2H3/b17-16?,18-12-. The van der Waals surface area contributed by atoms with Gasteiger partial charge < -0.3 is 4.74 Å². The molecule has 0 aliphatic rings. The molecule has 0 aliphatic heterocycles. The predicted molar refractivity (Wildman–Crippen MR) is 99.9 cm³/mol. The quantitative estimate of drug-likeness (QED) is 0.479. The van der Waals surface area contributed by atoms with Crippen LogP contribution in [0.5, 0.6) is 0 Å². The zero-order valence-corrected chi connectivity index (χ0v) is 15.4. The van der Waals surface area contributed by atoms with Crippen LogP contribution < -0.4 is 4.80 Å². The molecule has 0 unspecified atom stereocenters. The lowest BCUT2D eigenvalue weighted by Gasteiger charge is -2.03. The Labute approximate surface area is 147 Å². The Morgan fingerprint density at radius 3 is 2.70 bits per heavy atom. The molecule has 0 fully saturated rings. The number of ether oxygens (including phenoxy) is 1. The van der Waals surface area contributed by atoms with Crippen LogP contribution in [0.3, 0.4) is 0 Å². The molecule has 7 heteroatoms. The number of hydrogen-bond acceptors (Lipinski definition) is 6. The van der Waals surface area contributed by atoms with Crippen molar-refractivity contribution in [3.8, 4) is 10.6 Å². The summed E-state index contributed by atoms with van der Waals surface area (Å²) in [5.74, 6) is 0. The van der Waals surface area contributed by atoms with Crippen molar-refractivity contribution in [1.82, 2.24) is 4.68 Å². The molecule has 3 aromatic rings. The molecule has 3 rings (SSSR count). The molecule has 0 amide bonds. The number of thiazole rings is 1. The van der Waals surface area contributed by atoms with E-state index in [0.717, 1.165) is 16.2 Å². The highest BCUT2D eigenvalue weighted by Crippen LogP contribution is 2.25. The van der Waals surface area contributed by atoms with Gasteiger partial charge in [-0.3, -0.25) is 4.99 Å². The molecule has 0 aromatic carbocycles. The van der Waals surface area contributed by atoms with Crippen LogP contribution in [0.2, 0.25) is 0 Å². The Morgan fingerprint density at radius 1 is 1.17 bits per heavy atom. The highest BCUT2D eigenvalue weighted by Gasteiger charge is 2.09. The lowest BCUT2D eigenvalue weighted by molar-refractivity contribution is 0.207. The maximum Gasteiger partial charge on any atom is 0.206 e. The molecule has 4 nitrogen and oxygen atoms in total. The van der Waals surface area contributed by atoms with Gasteiger partial charge in [-0.2, -0.15) is 5.10 Å². The van der Waals surface area contributed by atoms with Gasteiger partial charge in [0.25, 0.3) is 0 Å². The minimum atomic E-state index is 0.611. The fourth-order valence-corrected chi connectivity index (χ4v) is 4.34. The van der Waals surface area contributed by atoms with E-state index in [1.54, 1.807) is 41.1 Å². The summed E-state index contributed by atoms with van der Waals surface area (Å²) >= 11 is 5.01. The minimum absolute atomic E-state index is 0.611. The predicted octanol–water partition coefficient (Wildman–Crippen LogP) is 4.16. The van der Waals surface area contributed by atoms with E-state index in [2.05, 4.69) is 39.3 Å². The smallest absolute Gasteiger partial charge is 0.206 e. The van der Waals surface area contributed by atoms with Crippen molar-refractivity contribution in [2.45, 2.75) is 6.92 Å². The summed E-state index contributed by atoms with van der Waals surface area (Å²) in [6.07, 6.45) is 0. The average Bonchev–Trinajstić information content (AvgIpc) is 3.29. The maximum atomic E-state index is 5.09. The molecule has 0 aliphatic carbocycles. The normalized spacial score (nSPS) is 13.0. The first-order chi connectivity index (χ1) is 11.3. The third-order valence-corrected chi connectivity index (χ3v) is 5.85. The van der Waals surface area contributed by atoms with Gasteiger partial charge >= 0.3 is 0 Å². The molecule has 0 saturated heterocycles. The van der Waals surface area contributed by atoms with E-state index in [4.69, 9.17) is 9.84 Å². The zero-order valence-electron chi connectivity index (χ0n) is 12.9. The summed E-state index contributed by atoms with van der Waals surface area (Å²) in [7, 11) is 1.69. The molecule has 0 radical (unpaired) electrons. The van der Waals surface area contributed by atoms with Crippen LogP contribution in [0.4, 0.5) is 0 Å². The van der Waals surface area contributed by atoms with Crippen molar-refractivity contribution in [1.29, 1.82) is 0 Å². The maximum absolute atomic E-state index is 5.09. The molecule has 3 aromatic heterocycles. The lowest BCUT2D eigenvalue weighted by Crippen LogP contribution is -2.15. The van der Waals surface area contributed by atoms with E-state index >= 15 is 0 Å². The van der Waals surface area contributed by atoms with Crippen molar-refractivity contribution in [3.05, 3.63) is 50.1 Å². The SMILES string of the molecule is COCCN=c1scc(-c2cccs2)n1/N=C(/C)c1cccs1. The van der Waals surface area contributed by atoms with Crippen molar-refractivity contribution in [3.63, 3.8) is 0 Å². The van der Waals surface area contributed by atoms with Crippen molar-refractivity contribution >= 4 is 39.7 Å². The first-order valence-corrected chi connectivity index (χ1v) is 9.77. The molecule has 3 heterocycles. The summed E-state index contributed by atoms with van der Waals surface area (Å²) in [5.41, 5.74) is 2.07. The summed E-state index contributed by atoms with van der Waals surface area (Å²) < 4.78 is 7.04. The second kappa shape index (κ2) is 7.83. The monoisotopic (exact) mass is 363 g/mol. The highest BCUT2D eigenvalue weighted by atomic mass is 32.1. The van der Waals surface area contributed by atoms with E-state index in [1.807, 2.05) is 17.7 Å². The molecule has 0 bridgehead atoms. The largest absolute Gasteiger partial charge is 0.383 e. The third-order valence-electron chi connectivity index (χ3n) is 3.13. The molecule has 0 saturated carbocycles. The highest BCUT2D eigenvalue weighted by molar-refractivity contribution is 7.14. The molecular formula is C16H17N3OS3. The molecule has 0 atom stereocenters. The second-order valence-electron chi connectivity index (χ2n) is 4.73. The van der Waals surface area contributed by atoms with E-state index in [-0.39, 0.29) is 0 Å². The minimum Gasteiger partial charge on any atom is -0.383 e. The number of aromatic nitrogens is 1. The Hall–Kier alpha value is -1.54. The van der Waals surface area contributed by atoms with E-state index < -0.39 is 0 Å². The summed E-state index contributed by atoms with van der Waals surface area (Å²) in [4.78, 5) is 7.87. The van der Waals surface area contributed by atoms with Gasteiger partial charge in [0.15, 0.2) is 0 Å². The van der Waals surface area contributed by atoms with Crippen LogP contribution in [0.25, 0.3) is 10.6 Å². The second-order valence-corrected chi connectivity index (χ2v) is 7.46. The van der Waals surface area contributed by atoms with Crippen molar-refractivity contribution in [2.75, 3.05) is 20.3 Å². The van der Waals surface area contributed by atoms with Crippen LogP contribution in [0.1, 0.15) is 11.8 Å². The summed E-state index contributed by atoms with van der Waals surface area (Å²) in [6, 6.07) is 8.29. The van der Waals surface area contributed by atoms with E-state index in [1.165, 1.54) is 9.75 Å². The molecule has 23 heavy (non-hydrogen) atoms. The van der Waals surface area contributed by atoms with Gasteiger partial charge in [0.2, 0.25) is 4.80 Å². The number of hydrogen-bond donors (Lipinski definition) is 0. The third kappa shape index (κ3) is 3.87. The van der Waals surface area contributed by atoms with Crippen molar-refractivity contribution in [2.24, 2.45) is 10.1 Å². The number of nitrogens with zero attached hydrogens (tertiary/aromatic N) is 3. The van der Waals surface area contributed by atoms with Crippen LogP contribution in [0.15, 0.2) is 50.5 Å². The molecule has 0 N–H and O–H groups in total. The lowest BCUT2D eigenvalue weighted by atomic mass is 10.3. The number of thiophene rings is 2. The Bertz CT molecular complexity index is 826. The van der Waals surface area contributed by atoms with Gasteiger partial charge in [-0.25, -0.2) is 4.68 Å². The van der Waals surface area contributed by atoms with Gasteiger partial charge in [0.1, 0.15) is 0 Å². The first-order valence-electron chi connectivity index (χ1n) is 7.13. The van der Waals surface area contributed by atoms with Crippen LogP contribution in [-0.4, -0.2) is 30.6 Å². The van der Waals surface area contributed by atoms with Gasteiger partial charge in [-0.15, -0.1) is 34.0 Å². The van der Waals surface area contributed by atoms with E-state index in [0.29, 0.717) is 13.2 Å². The fraction of sp³-hybridized carbons (Fsp3) is 0.250. The summed E-state index contributed by atoms with van der Waals surface area (Å²) in [5, 5.41) is 11.1. The zero-order chi connectivity index (χ0) is 16.1. The number of methoxy groups -OCH3 is 1. The van der Waals surface area contributed by atoms with Crippen LogP contribution in [0, 0.1) is 0 Å². The first kappa shape index (κ1) is 16.3. The van der Waals surface area contributed by atoms with Gasteiger partial charge in [0.05, 0.1) is 34.3 Å². The number of rotatable bonds is 6. The fourth-order valence-electron chi connectivity index (χ4n) is 2.02.